The predicted octanol–water partition coefficient (Wildman–Crippen LogP) is 3.91. The number of ketones is 1. The molecule has 0 N–H and O–H groups in total. The second-order valence-corrected chi connectivity index (χ2v) is 4.52. The van der Waals surface area contributed by atoms with Gasteiger partial charge in [0.25, 0.3) is 0 Å². The van der Waals surface area contributed by atoms with E-state index in [1.807, 2.05) is 35.7 Å². The highest BCUT2D eigenvalue weighted by molar-refractivity contribution is 7.10. The first kappa shape index (κ1) is 10.4. The number of carbonyl (C=O) groups excluding carboxylic acids is 1. The molecule has 0 amide bonds. The smallest absolute Gasteiger partial charge is 0.185 e. The van der Waals surface area contributed by atoms with Gasteiger partial charge in [-0.1, -0.05) is 36.4 Å². The van der Waals surface area contributed by atoms with Crippen molar-refractivity contribution in [3.8, 4) is 0 Å². The zero-order valence-corrected chi connectivity index (χ0v) is 9.46. The molecule has 0 aliphatic rings. The lowest BCUT2D eigenvalue weighted by atomic mass is 10.1. The van der Waals surface area contributed by atoms with E-state index in [0.717, 1.165) is 4.88 Å². The zero-order valence-electron chi connectivity index (χ0n) is 7.89. The van der Waals surface area contributed by atoms with Crippen LogP contribution in [0.1, 0.15) is 20.6 Å². The van der Waals surface area contributed by atoms with Crippen LogP contribution in [0.15, 0.2) is 47.8 Å². The summed E-state index contributed by atoms with van der Waals surface area (Å²) in [6.45, 7) is 0. The predicted molar refractivity (Wildman–Crippen MR) is 63.7 cm³/mol. The molecule has 0 aliphatic heterocycles. The van der Waals surface area contributed by atoms with E-state index in [-0.39, 0.29) is 5.78 Å². The number of benzene rings is 1. The van der Waals surface area contributed by atoms with Crippen LogP contribution in [-0.4, -0.2) is 5.78 Å². The Balaban J connectivity index is 2.23. The van der Waals surface area contributed by atoms with Crippen LogP contribution in [0.4, 0.5) is 0 Å². The Labute approximate surface area is 97.3 Å². The molecular weight excluding hydrogens is 228 g/mol. The summed E-state index contributed by atoms with van der Waals surface area (Å²) in [7, 11) is 0. The Kier molecular flexibility index (Phi) is 3.19. The second-order valence-electron chi connectivity index (χ2n) is 3.11. The molecule has 1 aromatic heterocycles. The summed E-state index contributed by atoms with van der Waals surface area (Å²) in [5.74, 6) is -0.0419. The number of alkyl halides is 1. The van der Waals surface area contributed by atoms with E-state index < -0.39 is 5.38 Å². The molecule has 15 heavy (non-hydrogen) atoms. The molecule has 0 saturated carbocycles. The van der Waals surface area contributed by atoms with Crippen molar-refractivity contribution in [3.63, 3.8) is 0 Å². The van der Waals surface area contributed by atoms with Crippen molar-refractivity contribution in [2.45, 2.75) is 5.38 Å². The number of carbonyl (C=O) groups is 1. The number of Topliss-reactive ketones (excluding diaryl/α,β-unsaturated/α-hetero) is 1. The third kappa shape index (κ3) is 2.28. The first-order valence-electron chi connectivity index (χ1n) is 4.56. The fourth-order valence-electron chi connectivity index (χ4n) is 1.31. The van der Waals surface area contributed by atoms with Crippen molar-refractivity contribution < 1.29 is 4.79 Å². The van der Waals surface area contributed by atoms with Gasteiger partial charge in [-0.05, 0) is 11.4 Å². The molecule has 2 aromatic rings. The van der Waals surface area contributed by atoms with Crippen LogP contribution in [-0.2, 0) is 0 Å². The lowest BCUT2D eigenvalue weighted by Gasteiger charge is -2.05. The van der Waals surface area contributed by atoms with Gasteiger partial charge in [0.2, 0.25) is 0 Å². The SMILES string of the molecule is O=C(c1ccccc1)C(Cl)c1cccs1. The third-order valence-corrected chi connectivity index (χ3v) is 3.58. The Bertz CT molecular complexity index is 436. The topological polar surface area (TPSA) is 17.1 Å². The summed E-state index contributed by atoms with van der Waals surface area (Å²) < 4.78 is 0. The quantitative estimate of drug-likeness (QED) is 0.583. The van der Waals surface area contributed by atoms with Crippen molar-refractivity contribution >= 4 is 28.7 Å². The Morgan fingerprint density at radius 2 is 1.87 bits per heavy atom. The minimum Gasteiger partial charge on any atom is -0.292 e. The first-order valence-corrected chi connectivity index (χ1v) is 5.87. The summed E-state index contributed by atoms with van der Waals surface area (Å²) in [4.78, 5) is 12.8. The molecule has 1 aromatic carbocycles. The molecule has 0 radical (unpaired) electrons. The van der Waals surface area contributed by atoms with Crippen LogP contribution in [0, 0.1) is 0 Å². The van der Waals surface area contributed by atoms with E-state index in [4.69, 9.17) is 11.6 Å². The van der Waals surface area contributed by atoms with E-state index >= 15 is 0 Å². The Morgan fingerprint density at radius 3 is 2.47 bits per heavy atom. The number of rotatable bonds is 3. The second kappa shape index (κ2) is 4.60. The van der Waals surface area contributed by atoms with Gasteiger partial charge >= 0.3 is 0 Å². The maximum absolute atomic E-state index is 11.9. The maximum Gasteiger partial charge on any atom is 0.185 e. The van der Waals surface area contributed by atoms with Crippen LogP contribution < -0.4 is 0 Å². The van der Waals surface area contributed by atoms with E-state index in [9.17, 15) is 4.79 Å². The molecule has 0 spiro atoms. The zero-order chi connectivity index (χ0) is 10.7. The number of halogens is 1. The normalized spacial score (nSPS) is 12.3. The van der Waals surface area contributed by atoms with Crippen molar-refractivity contribution in [3.05, 3.63) is 58.3 Å². The molecule has 76 valence electrons. The van der Waals surface area contributed by atoms with Gasteiger partial charge in [0.15, 0.2) is 5.78 Å². The molecule has 1 unspecified atom stereocenters. The molecule has 0 aliphatic carbocycles. The molecular formula is C12H9ClOS. The van der Waals surface area contributed by atoms with Crippen LogP contribution in [0.3, 0.4) is 0 Å². The van der Waals surface area contributed by atoms with Crippen LogP contribution in [0.5, 0.6) is 0 Å². The highest BCUT2D eigenvalue weighted by Gasteiger charge is 2.19. The molecule has 1 nitrogen and oxygen atoms in total. The number of hydrogen-bond donors (Lipinski definition) is 0. The third-order valence-electron chi connectivity index (χ3n) is 2.08. The summed E-state index contributed by atoms with van der Waals surface area (Å²) in [5, 5.41) is 1.36. The average Bonchev–Trinajstić information content (AvgIpc) is 2.82. The van der Waals surface area contributed by atoms with Gasteiger partial charge in [0.1, 0.15) is 5.38 Å². The van der Waals surface area contributed by atoms with Crippen molar-refractivity contribution in [2.75, 3.05) is 0 Å². The molecule has 2 rings (SSSR count). The monoisotopic (exact) mass is 236 g/mol. The highest BCUT2D eigenvalue weighted by Crippen LogP contribution is 2.28. The Hall–Kier alpha value is -1.12. The molecule has 0 bridgehead atoms. The van der Waals surface area contributed by atoms with E-state index in [1.165, 1.54) is 11.3 Å². The van der Waals surface area contributed by atoms with Crippen LogP contribution in [0.25, 0.3) is 0 Å². The minimum absolute atomic E-state index is 0.0419. The molecule has 0 fully saturated rings. The maximum atomic E-state index is 11.9. The fourth-order valence-corrected chi connectivity index (χ4v) is 2.36. The average molecular weight is 237 g/mol. The van der Waals surface area contributed by atoms with Crippen molar-refractivity contribution in [1.29, 1.82) is 0 Å². The fraction of sp³-hybridized carbons (Fsp3) is 0.0833. The molecule has 1 atom stereocenters. The van der Waals surface area contributed by atoms with Gasteiger partial charge in [0, 0.05) is 10.4 Å². The van der Waals surface area contributed by atoms with Gasteiger partial charge in [0.05, 0.1) is 0 Å². The van der Waals surface area contributed by atoms with Gasteiger partial charge in [-0.15, -0.1) is 22.9 Å². The van der Waals surface area contributed by atoms with Crippen molar-refractivity contribution in [1.82, 2.24) is 0 Å². The van der Waals surface area contributed by atoms with Crippen LogP contribution in [0.2, 0.25) is 0 Å². The van der Waals surface area contributed by atoms with Gasteiger partial charge in [-0.25, -0.2) is 0 Å². The van der Waals surface area contributed by atoms with Gasteiger partial charge in [-0.3, -0.25) is 4.79 Å². The van der Waals surface area contributed by atoms with Gasteiger partial charge in [-0.2, -0.15) is 0 Å². The summed E-state index contributed by atoms with van der Waals surface area (Å²) in [6.07, 6.45) is 0. The largest absolute Gasteiger partial charge is 0.292 e. The molecule has 0 saturated heterocycles. The summed E-state index contributed by atoms with van der Waals surface area (Å²) >= 11 is 7.59. The van der Waals surface area contributed by atoms with E-state index in [1.54, 1.807) is 12.1 Å². The highest BCUT2D eigenvalue weighted by atomic mass is 35.5. The van der Waals surface area contributed by atoms with Gasteiger partial charge < -0.3 is 0 Å². The number of thiophene rings is 1. The van der Waals surface area contributed by atoms with Crippen LogP contribution >= 0.6 is 22.9 Å². The summed E-state index contributed by atoms with van der Waals surface area (Å²) in [5.41, 5.74) is 0.658. The molecule has 3 heteroatoms. The first-order chi connectivity index (χ1) is 7.29. The lowest BCUT2D eigenvalue weighted by Crippen LogP contribution is -2.05. The summed E-state index contributed by atoms with van der Waals surface area (Å²) in [6, 6.07) is 12.9. The van der Waals surface area contributed by atoms with Crippen molar-refractivity contribution in [2.24, 2.45) is 0 Å². The number of hydrogen-bond acceptors (Lipinski definition) is 2. The van der Waals surface area contributed by atoms with E-state index in [2.05, 4.69) is 0 Å². The van der Waals surface area contributed by atoms with E-state index in [0.29, 0.717) is 5.56 Å². The lowest BCUT2D eigenvalue weighted by molar-refractivity contribution is 0.0988. The molecule has 1 heterocycles. The Morgan fingerprint density at radius 1 is 1.13 bits per heavy atom. The standard InChI is InChI=1S/C12H9ClOS/c13-11(10-7-4-8-15-10)12(14)9-5-2-1-3-6-9/h1-8,11H. The minimum atomic E-state index is -0.563.